The van der Waals surface area contributed by atoms with Crippen molar-refractivity contribution in [1.82, 2.24) is 15.5 Å². The lowest BCUT2D eigenvalue weighted by atomic mass is 9.82. The van der Waals surface area contributed by atoms with Crippen LogP contribution >= 0.6 is 0 Å². The van der Waals surface area contributed by atoms with Crippen LogP contribution in [-0.2, 0) is 9.59 Å². The van der Waals surface area contributed by atoms with Crippen molar-refractivity contribution in [2.24, 2.45) is 5.41 Å². The molecule has 2 atom stereocenters. The Morgan fingerprint density at radius 1 is 1.10 bits per heavy atom. The number of rotatable bonds is 4. The van der Waals surface area contributed by atoms with E-state index in [0.29, 0.717) is 22.6 Å². The molecule has 29 heavy (non-hydrogen) atoms. The Balaban J connectivity index is 1.44. The number of anilines is 1. The van der Waals surface area contributed by atoms with Gasteiger partial charge in [-0.2, -0.15) is 0 Å². The molecule has 1 aromatic rings. The highest BCUT2D eigenvalue weighted by Gasteiger charge is 2.44. The van der Waals surface area contributed by atoms with E-state index in [-0.39, 0.29) is 18.7 Å². The number of benzene rings is 1. The number of fused-ring (bicyclic) bond motifs is 1. The molecule has 0 radical (unpaired) electrons. The Morgan fingerprint density at radius 2 is 1.86 bits per heavy atom. The molecule has 0 aliphatic carbocycles. The molecule has 3 aliphatic rings. The Morgan fingerprint density at radius 3 is 2.55 bits per heavy atom. The molecule has 4 amide bonds. The minimum Gasteiger partial charge on any atom is -0.383 e. The molecule has 1 aromatic carbocycles. The first-order chi connectivity index (χ1) is 13.7. The molecule has 0 aromatic heterocycles. The van der Waals surface area contributed by atoms with E-state index in [0.717, 1.165) is 36.5 Å². The fourth-order valence-electron chi connectivity index (χ4n) is 4.17. The summed E-state index contributed by atoms with van der Waals surface area (Å²) in [6.45, 7) is 6.20. The van der Waals surface area contributed by atoms with Gasteiger partial charge in [0.2, 0.25) is 11.8 Å². The quantitative estimate of drug-likeness (QED) is 0.660. The van der Waals surface area contributed by atoms with Gasteiger partial charge in [-0.05, 0) is 42.9 Å². The summed E-state index contributed by atoms with van der Waals surface area (Å²) in [5.74, 6) is -1.95. The van der Waals surface area contributed by atoms with Crippen LogP contribution in [0, 0.1) is 5.41 Å². The third-order valence-corrected chi connectivity index (χ3v) is 6.03. The second-order valence-electron chi connectivity index (χ2n) is 8.87. The van der Waals surface area contributed by atoms with Crippen molar-refractivity contribution in [3.63, 3.8) is 0 Å². The fourth-order valence-corrected chi connectivity index (χ4v) is 4.17. The first-order valence-corrected chi connectivity index (χ1v) is 10.1. The minimum atomic E-state index is -0.939. The number of hydrogen-bond acceptors (Lipinski definition) is 6. The van der Waals surface area contributed by atoms with E-state index in [4.69, 9.17) is 0 Å². The van der Waals surface area contributed by atoms with Crippen LogP contribution in [0.4, 0.5) is 5.69 Å². The molecule has 0 spiro atoms. The summed E-state index contributed by atoms with van der Waals surface area (Å²) in [6, 6.07) is 4.50. The third-order valence-electron chi connectivity index (χ3n) is 6.03. The van der Waals surface area contributed by atoms with Gasteiger partial charge in [-0.15, -0.1) is 0 Å². The molecule has 4 rings (SSSR count). The molecule has 2 saturated heterocycles. The minimum absolute atomic E-state index is 0.113. The summed E-state index contributed by atoms with van der Waals surface area (Å²) < 4.78 is 0. The predicted molar refractivity (Wildman–Crippen MR) is 106 cm³/mol. The van der Waals surface area contributed by atoms with Crippen LogP contribution in [-0.4, -0.2) is 53.7 Å². The highest BCUT2D eigenvalue weighted by molar-refractivity contribution is 6.23. The molecule has 2 unspecified atom stereocenters. The number of hydrogen-bond donors (Lipinski definition) is 3. The zero-order valence-corrected chi connectivity index (χ0v) is 16.7. The van der Waals surface area contributed by atoms with E-state index < -0.39 is 23.8 Å². The summed E-state index contributed by atoms with van der Waals surface area (Å²) in [4.78, 5) is 50.1. The topological polar surface area (TPSA) is 108 Å². The van der Waals surface area contributed by atoms with Crippen LogP contribution in [0.15, 0.2) is 18.2 Å². The van der Waals surface area contributed by atoms with Gasteiger partial charge in [-0.1, -0.05) is 13.8 Å². The van der Waals surface area contributed by atoms with E-state index in [1.807, 2.05) is 0 Å². The number of nitrogens with one attached hydrogen (secondary N) is 3. The number of imide groups is 2. The average Bonchev–Trinajstić information content (AvgIpc) is 2.92. The molecule has 3 heterocycles. The van der Waals surface area contributed by atoms with Gasteiger partial charge in [0.15, 0.2) is 0 Å². The van der Waals surface area contributed by atoms with E-state index >= 15 is 0 Å². The van der Waals surface area contributed by atoms with Gasteiger partial charge in [-0.3, -0.25) is 29.4 Å². The van der Waals surface area contributed by atoms with E-state index in [1.54, 1.807) is 18.2 Å². The SMILES string of the molecule is CC1(C)CCC(CNc2ccc3c(c2)C(=O)N(C2CCC(=O)NC2=O)C3=O)NC1. The largest absolute Gasteiger partial charge is 0.383 e. The average molecular weight is 398 g/mol. The maximum Gasteiger partial charge on any atom is 0.262 e. The lowest BCUT2D eigenvalue weighted by Gasteiger charge is -2.35. The van der Waals surface area contributed by atoms with Crippen molar-refractivity contribution < 1.29 is 19.2 Å². The second kappa shape index (κ2) is 7.26. The molecule has 3 aliphatic heterocycles. The summed E-state index contributed by atoms with van der Waals surface area (Å²) in [7, 11) is 0. The van der Waals surface area contributed by atoms with Crippen molar-refractivity contribution in [3.05, 3.63) is 29.3 Å². The van der Waals surface area contributed by atoms with Crippen LogP contribution in [0.3, 0.4) is 0 Å². The van der Waals surface area contributed by atoms with Crippen LogP contribution in [0.5, 0.6) is 0 Å². The molecule has 0 bridgehead atoms. The lowest BCUT2D eigenvalue weighted by Crippen LogP contribution is -2.54. The number of carbonyl (C=O) groups is 4. The van der Waals surface area contributed by atoms with E-state index in [9.17, 15) is 19.2 Å². The zero-order chi connectivity index (χ0) is 20.8. The standard InChI is InChI=1S/C21H26N4O4/c1-21(2)8-7-13(23-11-21)10-22-12-3-4-14-15(9-12)20(29)25(19(14)28)16-5-6-17(26)24-18(16)27/h3-4,9,13,16,22-23H,5-8,10-11H2,1-2H3,(H,24,26,27). The third kappa shape index (κ3) is 3.76. The van der Waals surface area contributed by atoms with Crippen molar-refractivity contribution >= 4 is 29.3 Å². The molecule has 0 saturated carbocycles. The first kappa shape index (κ1) is 19.6. The molecule has 3 N–H and O–H groups in total. The van der Waals surface area contributed by atoms with Crippen LogP contribution in [0.25, 0.3) is 0 Å². The fraction of sp³-hybridized carbons (Fsp3) is 0.524. The van der Waals surface area contributed by atoms with E-state index in [2.05, 4.69) is 29.8 Å². The summed E-state index contributed by atoms with van der Waals surface area (Å²) in [5.41, 5.74) is 1.67. The number of carbonyl (C=O) groups excluding carboxylic acids is 4. The summed E-state index contributed by atoms with van der Waals surface area (Å²) in [6.07, 6.45) is 2.50. The van der Waals surface area contributed by atoms with Gasteiger partial charge in [0.05, 0.1) is 11.1 Å². The molecular weight excluding hydrogens is 372 g/mol. The highest BCUT2D eigenvalue weighted by Crippen LogP contribution is 2.30. The lowest BCUT2D eigenvalue weighted by molar-refractivity contribution is -0.136. The van der Waals surface area contributed by atoms with Gasteiger partial charge in [0, 0.05) is 31.2 Å². The van der Waals surface area contributed by atoms with Gasteiger partial charge in [0.1, 0.15) is 6.04 Å². The van der Waals surface area contributed by atoms with Gasteiger partial charge < -0.3 is 10.6 Å². The second-order valence-corrected chi connectivity index (χ2v) is 8.87. The summed E-state index contributed by atoms with van der Waals surface area (Å²) in [5, 5.41) is 9.09. The smallest absolute Gasteiger partial charge is 0.262 e. The Hall–Kier alpha value is -2.74. The predicted octanol–water partition coefficient (Wildman–Crippen LogP) is 1.28. The van der Waals surface area contributed by atoms with Gasteiger partial charge in [0.25, 0.3) is 11.8 Å². The van der Waals surface area contributed by atoms with Crippen molar-refractivity contribution in [3.8, 4) is 0 Å². The van der Waals surface area contributed by atoms with Crippen LogP contribution in [0.1, 0.15) is 60.2 Å². The maximum absolute atomic E-state index is 12.9. The van der Waals surface area contributed by atoms with Crippen molar-refractivity contribution in [2.75, 3.05) is 18.4 Å². The molecule has 2 fully saturated rings. The number of piperidine rings is 2. The maximum atomic E-state index is 12.9. The van der Waals surface area contributed by atoms with Gasteiger partial charge in [-0.25, -0.2) is 0 Å². The number of nitrogens with zero attached hydrogens (tertiary/aromatic N) is 1. The Bertz CT molecular complexity index is 885. The molecular formula is C21H26N4O4. The molecule has 154 valence electrons. The highest BCUT2D eigenvalue weighted by atomic mass is 16.2. The van der Waals surface area contributed by atoms with Crippen molar-refractivity contribution in [2.45, 2.75) is 51.6 Å². The molecule has 8 nitrogen and oxygen atoms in total. The Labute approximate surface area is 169 Å². The van der Waals surface area contributed by atoms with E-state index in [1.165, 1.54) is 0 Å². The molecule has 8 heteroatoms. The zero-order valence-electron chi connectivity index (χ0n) is 16.7. The Kier molecular flexibility index (Phi) is 4.90. The first-order valence-electron chi connectivity index (χ1n) is 10.1. The monoisotopic (exact) mass is 398 g/mol. The summed E-state index contributed by atoms with van der Waals surface area (Å²) >= 11 is 0. The van der Waals surface area contributed by atoms with Crippen molar-refractivity contribution in [1.29, 1.82) is 0 Å². The van der Waals surface area contributed by atoms with Crippen LogP contribution < -0.4 is 16.0 Å². The normalized spacial score (nSPS) is 26.3. The van der Waals surface area contributed by atoms with Crippen LogP contribution in [0.2, 0.25) is 0 Å². The number of amides is 4. The van der Waals surface area contributed by atoms with Gasteiger partial charge >= 0.3 is 0 Å².